The third kappa shape index (κ3) is 3.36. The van der Waals surface area contributed by atoms with Gasteiger partial charge < -0.3 is 14.0 Å². The summed E-state index contributed by atoms with van der Waals surface area (Å²) in [4.78, 5) is 19.4. The lowest BCUT2D eigenvalue weighted by atomic mass is 10.1. The first kappa shape index (κ1) is 18.5. The van der Waals surface area contributed by atoms with Crippen LogP contribution in [0.3, 0.4) is 0 Å². The molecule has 0 radical (unpaired) electrons. The van der Waals surface area contributed by atoms with Crippen LogP contribution in [0.2, 0.25) is 5.28 Å². The molecule has 0 spiro atoms. The topological polar surface area (TPSA) is 43.1 Å². The molecule has 26 heavy (non-hydrogen) atoms. The average molecular weight is 373 g/mol. The number of fused-ring (bicyclic) bond motifs is 1. The summed E-state index contributed by atoms with van der Waals surface area (Å²) in [7, 11) is 1.99. The van der Waals surface area contributed by atoms with Gasteiger partial charge in [-0.25, -0.2) is 4.98 Å². The number of imidazole rings is 1. The monoisotopic (exact) mass is 372 g/mol. The molecule has 5 nitrogen and oxygen atoms in total. The van der Waals surface area contributed by atoms with E-state index in [0.717, 1.165) is 16.7 Å². The fourth-order valence-corrected chi connectivity index (χ4v) is 3.56. The molecule has 6 heteroatoms. The Kier molecular flexibility index (Phi) is 5.10. The highest BCUT2D eigenvalue weighted by molar-refractivity contribution is 6.29. The quantitative estimate of drug-likeness (QED) is 0.653. The fraction of sp³-hybridized carbons (Fsp3) is 0.400. The molecule has 0 N–H and O–H groups in total. The predicted molar refractivity (Wildman–Crippen MR) is 106 cm³/mol. The zero-order chi connectivity index (χ0) is 19.0. The molecule has 0 aliphatic heterocycles. The average Bonchev–Trinajstić information content (AvgIpc) is 3.12. The van der Waals surface area contributed by atoms with E-state index in [2.05, 4.69) is 18.8 Å². The number of carbonyl (C=O) groups excluding carboxylic acids is 1. The van der Waals surface area contributed by atoms with E-state index in [-0.39, 0.29) is 18.0 Å². The molecule has 0 aliphatic carbocycles. The third-order valence-corrected chi connectivity index (χ3v) is 4.94. The lowest BCUT2D eigenvalue weighted by Crippen LogP contribution is -2.36. The number of hydrogen-bond acceptors (Lipinski definition) is 2. The van der Waals surface area contributed by atoms with Gasteiger partial charge in [0.25, 0.3) is 5.91 Å². The van der Waals surface area contributed by atoms with Gasteiger partial charge in [0, 0.05) is 36.6 Å². The molecule has 1 aromatic carbocycles. The number of benzene rings is 1. The zero-order valence-electron chi connectivity index (χ0n) is 15.9. The molecule has 138 valence electrons. The highest BCUT2D eigenvalue weighted by Crippen LogP contribution is 2.26. The van der Waals surface area contributed by atoms with Gasteiger partial charge in [0.2, 0.25) is 5.28 Å². The van der Waals surface area contributed by atoms with Gasteiger partial charge in [0.1, 0.15) is 0 Å². The molecule has 0 bridgehead atoms. The minimum absolute atomic E-state index is 0.00156. The molecular weight excluding hydrogens is 348 g/mol. The maximum absolute atomic E-state index is 13.1. The van der Waals surface area contributed by atoms with Crippen LogP contribution in [-0.2, 0) is 13.6 Å². The molecule has 3 rings (SSSR count). The number of halogens is 1. The van der Waals surface area contributed by atoms with E-state index in [0.29, 0.717) is 17.4 Å². The third-order valence-electron chi connectivity index (χ3n) is 4.68. The summed E-state index contributed by atoms with van der Waals surface area (Å²) in [5.74, 6) is -0.00156. The van der Waals surface area contributed by atoms with Crippen LogP contribution in [0.25, 0.3) is 11.0 Å². The zero-order valence-corrected chi connectivity index (χ0v) is 16.7. The normalized spacial score (nSPS) is 11.7. The van der Waals surface area contributed by atoms with E-state index in [9.17, 15) is 4.79 Å². The first-order valence-electron chi connectivity index (χ1n) is 8.88. The van der Waals surface area contributed by atoms with Crippen molar-refractivity contribution >= 4 is 28.5 Å². The summed E-state index contributed by atoms with van der Waals surface area (Å²) < 4.78 is 4.01. The van der Waals surface area contributed by atoms with E-state index in [1.165, 1.54) is 0 Å². The first-order chi connectivity index (χ1) is 12.3. The maximum atomic E-state index is 13.1. The Bertz CT molecular complexity index is 939. The molecule has 0 unspecified atom stereocenters. The van der Waals surface area contributed by atoms with Crippen LogP contribution in [0.4, 0.5) is 0 Å². The number of nitrogens with zero attached hydrogens (tertiary/aromatic N) is 4. The second kappa shape index (κ2) is 7.16. The second-order valence-corrected chi connectivity index (χ2v) is 7.52. The Balaban J connectivity index is 1.95. The smallest absolute Gasteiger partial charge is 0.254 e. The molecule has 1 amide bonds. The van der Waals surface area contributed by atoms with Gasteiger partial charge in [-0.1, -0.05) is 0 Å². The van der Waals surface area contributed by atoms with E-state index in [1.54, 1.807) is 0 Å². The Morgan fingerprint density at radius 3 is 2.54 bits per heavy atom. The molecule has 0 fully saturated rings. The maximum Gasteiger partial charge on any atom is 0.254 e. The first-order valence-corrected chi connectivity index (χ1v) is 9.26. The molecule has 2 aromatic heterocycles. The van der Waals surface area contributed by atoms with Crippen molar-refractivity contribution in [3.05, 3.63) is 53.1 Å². The summed E-state index contributed by atoms with van der Waals surface area (Å²) in [6.07, 6.45) is 1.99. The van der Waals surface area contributed by atoms with Crippen LogP contribution in [0.1, 0.15) is 49.8 Å². The molecular formula is C20H25ClN4O. The van der Waals surface area contributed by atoms with E-state index < -0.39 is 0 Å². The van der Waals surface area contributed by atoms with Crippen LogP contribution in [0.15, 0.2) is 36.5 Å². The number of rotatable bonds is 5. The highest BCUT2D eigenvalue weighted by Gasteiger charge is 2.21. The van der Waals surface area contributed by atoms with Crippen molar-refractivity contribution < 1.29 is 4.79 Å². The van der Waals surface area contributed by atoms with Crippen LogP contribution in [0.5, 0.6) is 0 Å². The van der Waals surface area contributed by atoms with Crippen molar-refractivity contribution in [3.8, 4) is 0 Å². The van der Waals surface area contributed by atoms with Gasteiger partial charge in [0.15, 0.2) is 0 Å². The van der Waals surface area contributed by atoms with Gasteiger partial charge in [-0.3, -0.25) is 4.79 Å². The molecule has 0 saturated carbocycles. The number of aromatic nitrogens is 3. The number of hydrogen-bond donors (Lipinski definition) is 0. The molecule has 0 aliphatic rings. The Labute approximate surface area is 159 Å². The fourth-order valence-electron chi connectivity index (χ4n) is 3.18. The standard InChI is InChI=1S/C20H25ClN4O/c1-13(2)24(12-16-7-6-10-23(16)5)19(26)15-8-9-18-17(11-15)22-20(21)25(18)14(3)4/h6-11,13-14H,12H2,1-5H3. The summed E-state index contributed by atoms with van der Waals surface area (Å²) >= 11 is 6.27. The van der Waals surface area contributed by atoms with Crippen molar-refractivity contribution in [2.45, 2.75) is 46.3 Å². The van der Waals surface area contributed by atoms with Gasteiger partial charge in [-0.05, 0) is 69.6 Å². The summed E-state index contributed by atoms with van der Waals surface area (Å²) in [6.45, 7) is 8.76. The minimum Gasteiger partial charge on any atom is -0.353 e. The molecule has 0 atom stereocenters. The number of carbonyl (C=O) groups is 1. The number of amides is 1. The highest BCUT2D eigenvalue weighted by atomic mass is 35.5. The minimum atomic E-state index is -0.00156. The van der Waals surface area contributed by atoms with Crippen molar-refractivity contribution in [1.29, 1.82) is 0 Å². The summed E-state index contributed by atoms with van der Waals surface area (Å²) in [6, 6.07) is 9.96. The van der Waals surface area contributed by atoms with Gasteiger partial charge in [-0.15, -0.1) is 0 Å². The van der Waals surface area contributed by atoms with E-state index in [4.69, 9.17) is 11.6 Å². The van der Waals surface area contributed by atoms with Crippen molar-refractivity contribution in [2.24, 2.45) is 7.05 Å². The van der Waals surface area contributed by atoms with Crippen LogP contribution >= 0.6 is 11.6 Å². The van der Waals surface area contributed by atoms with Crippen LogP contribution in [-0.4, -0.2) is 31.0 Å². The van der Waals surface area contributed by atoms with Crippen molar-refractivity contribution in [1.82, 2.24) is 19.0 Å². The Hall–Kier alpha value is -2.27. The van der Waals surface area contributed by atoms with Crippen molar-refractivity contribution in [3.63, 3.8) is 0 Å². The summed E-state index contributed by atoms with van der Waals surface area (Å²) in [5.41, 5.74) is 3.42. The second-order valence-electron chi connectivity index (χ2n) is 7.19. The summed E-state index contributed by atoms with van der Waals surface area (Å²) in [5, 5.41) is 0.448. The SMILES string of the molecule is CC(C)N(Cc1cccn1C)C(=O)c1ccc2c(c1)nc(Cl)n2C(C)C. The Morgan fingerprint density at radius 1 is 1.23 bits per heavy atom. The molecule has 3 aromatic rings. The van der Waals surface area contributed by atoms with Gasteiger partial charge in [0.05, 0.1) is 17.6 Å². The van der Waals surface area contributed by atoms with Gasteiger partial charge >= 0.3 is 0 Å². The van der Waals surface area contributed by atoms with Gasteiger partial charge in [-0.2, -0.15) is 0 Å². The predicted octanol–water partition coefficient (Wildman–Crippen LogP) is 4.66. The van der Waals surface area contributed by atoms with Crippen LogP contribution in [0, 0.1) is 0 Å². The molecule has 0 saturated heterocycles. The van der Waals surface area contributed by atoms with E-state index in [1.807, 2.05) is 71.5 Å². The van der Waals surface area contributed by atoms with E-state index >= 15 is 0 Å². The van der Waals surface area contributed by atoms with Crippen molar-refractivity contribution in [2.75, 3.05) is 0 Å². The Morgan fingerprint density at radius 2 is 1.96 bits per heavy atom. The molecule has 2 heterocycles. The number of aryl methyl sites for hydroxylation is 1. The lowest BCUT2D eigenvalue weighted by molar-refractivity contribution is 0.0686. The van der Waals surface area contributed by atoms with Crippen LogP contribution < -0.4 is 0 Å². The lowest BCUT2D eigenvalue weighted by Gasteiger charge is -2.27. The largest absolute Gasteiger partial charge is 0.353 e.